The Bertz CT molecular complexity index is 1020. The van der Waals surface area contributed by atoms with E-state index in [1.807, 2.05) is 30.3 Å². The van der Waals surface area contributed by atoms with E-state index in [0.29, 0.717) is 15.6 Å². The summed E-state index contributed by atoms with van der Waals surface area (Å²) in [4.78, 5) is 22.3. The smallest absolute Gasteiger partial charge is 0.174 e. The zero-order valence-corrected chi connectivity index (χ0v) is 17.4. The van der Waals surface area contributed by atoms with Gasteiger partial charge in [0, 0.05) is 27.4 Å². The van der Waals surface area contributed by atoms with E-state index >= 15 is 0 Å². The van der Waals surface area contributed by atoms with Gasteiger partial charge in [-0.15, -0.1) is 0 Å². The molecule has 0 saturated carbocycles. The van der Waals surface area contributed by atoms with Crippen LogP contribution in [0.4, 0.5) is 0 Å². The Morgan fingerprint density at radius 2 is 1.79 bits per heavy atom. The van der Waals surface area contributed by atoms with Crippen molar-refractivity contribution in [2.45, 2.75) is 30.7 Å². The number of ketones is 1. The minimum absolute atomic E-state index is 0.0314. The molecule has 0 fully saturated rings. The predicted molar refractivity (Wildman–Crippen MR) is 116 cm³/mol. The van der Waals surface area contributed by atoms with Gasteiger partial charge in [-0.2, -0.15) is 0 Å². The molecule has 3 aromatic rings. The summed E-state index contributed by atoms with van der Waals surface area (Å²) in [5, 5.41) is 1.81. The van der Waals surface area contributed by atoms with Crippen LogP contribution < -0.4 is 0 Å². The standard InChI is InChI=1S/C22H18Cl2N2OS/c23-15-10-11-16(18(24)12-15)20(27)13-28-22-17-8-4-5-9-19(17)25-21(26-22)14-6-2-1-3-7-14/h1-3,6-7,10-12H,4-5,8-9,13H2. The van der Waals surface area contributed by atoms with Gasteiger partial charge in [-0.25, -0.2) is 9.97 Å². The predicted octanol–water partition coefficient (Wildman–Crippen LogP) is 6.30. The van der Waals surface area contributed by atoms with E-state index in [1.165, 1.54) is 17.3 Å². The van der Waals surface area contributed by atoms with Crippen molar-refractivity contribution in [2.24, 2.45) is 0 Å². The summed E-state index contributed by atoms with van der Waals surface area (Å²) in [6.07, 6.45) is 4.19. The van der Waals surface area contributed by atoms with Crippen LogP contribution in [0.5, 0.6) is 0 Å². The number of carbonyl (C=O) groups excluding carboxylic acids is 1. The van der Waals surface area contributed by atoms with Crippen LogP contribution in [-0.2, 0) is 12.8 Å². The molecule has 142 valence electrons. The number of carbonyl (C=O) groups is 1. The topological polar surface area (TPSA) is 42.9 Å². The molecule has 0 N–H and O–H groups in total. The first-order chi connectivity index (χ1) is 13.6. The van der Waals surface area contributed by atoms with Gasteiger partial charge in [0.1, 0.15) is 5.03 Å². The summed E-state index contributed by atoms with van der Waals surface area (Å²) < 4.78 is 0. The number of fused-ring (bicyclic) bond motifs is 1. The molecule has 2 aromatic carbocycles. The second-order valence-electron chi connectivity index (χ2n) is 6.69. The number of aromatic nitrogens is 2. The minimum atomic E-state index is -0.0314. The average molecular weight is 429 g/mol. The molecule has 1 heterocycles. The molecule has 0 bridgehead atoms. The van der Waals surface area contributed by atoms with Crippen molar-refractivity contribution in [3.63, 3.8) is 0 Å². The molecule has 0 radical (unpaired) electrons. The van der Waals surface area contributed by atoms with Crippen LogP contribution >= 0.6 is 35.0 Å². The lowest BCUT2D eigenvalue weighted by Crippen LogP contribution is -2.11. The Labute approximate surface area is 178 Å². The van der Waals surface area contributed by atoms with E-state index < -0.39 is 0 Å². The van der Waals surface area contributed by atoms with E-state index in [0.717, 1.165) is 47.8 Å². The van der Waals surface area contributed by atoms with Crippen LogP contribution in [0.3, 0.4) is 0 Å². The van der Waals surface area contributed by atoms with Crippen molar-refractivity contribution in [2.75, 3.05) is 5.75 Å². The monoisotopic (exact) mass is 428 g/mol. The summed E-state index contributed by atoms with van der Waals surface area (Å²) in [7, 11) is 0. The average Bonchev–Trinajstić information content (AvgIpc) is 2.72. The number of nitrogens with zero attached hydrogens (tertiary/aromatic N) is 2. The van der Waals surface area contributed by atoms with Crippen molar-refractivity contribution in [3.8, 4) is 11.4 Å². The van der Waals surface area contributed by atoms with Gasteiger partial charge >= 0.3 is 0 Å². The summed E-state index contributed by atoms with van der Waals surface area (Å²) in [5.74, 6) is 0.968. The van der Waals surface area contributed by atoms with Crippen molar-refractivity contribution in [3.05, 3.63) is 75.4 Å². The second-order valence-corrected chi connectivity index (χ2v) is 8.49. The van der Waals surface area contributed by atoms with E-state index in [9.17, 15) is 4.79 Å². The lowest BCUT2D eigenvalue weighted by atomic mass is 9.97. The van der Waals surface area contributed by atoms with Crippen LogP contribution in [0.2, 0.25) is 10.0 Å². The number of benzene rings is 2. The van der Waals surface area contributed by atoms with Crippen molar-refractivity contribution in [1.82, 2.24) is 9.97 Å². The molecule has 0 aliphatic heterocycles. The van der Waals surface area contributed by atoms with Crippen LogP contribution in [0.25, 0.3) is 11.4 Å². The van der Waals surface area contributed by atoms with Gasteiger partial charge in [0.25, 0.3) is 0 Å². The third-order valence-electron chi connectivity index (χ3n) is 4.75. The van der Waals surface area contributed by atoms with Crippen LogP contribution in [0.15, 0.2) is 53.6 Å². The maximum Gasteiger partial charge on any atom is 0.174 e. The fraction of sp³-hybridized carbons (Fsp3) is 0.227. The fourth-order valence-corrected chi connectivity index (χ4v) is 4.80. The number of aryl methyl sites for hydroxylation is 1. The highest BCUT2D eigenvalue weighted by Gasteiger charge is 2.20. The Morgan fingerprint density at radius 3 is 2.57 bits per heavy atom. The third kappa shape index (κ3) is 4.24. The van der Waals surface area contributed by atoms with E-state index in [4.69, 9.17) is 33.2 Å². The number of hydrogen-bond acceptors (Lipinski definition) is 4. The molecule has 0 spiro atoms. The highest BCUT2D eigenvalue weighted by atomic mass is 35.5. The molecule has 0 unspecified atom stereocenters. The van der Waals surface area contributed by atoms with Gasteiger partial charge < -0.3 is 0 Å². The number of halogens is 2. The Balaban J connectivity index is 1.62. The summed E-state index contributed by atoms with van der Waals surface area (Å²) >= 11 is 13.6. The van der Waals surface area contributed by atoms with E-state index in [-0.39, 0.29) is 11.5 Å². The summed E-state index contributed by atoms with van der Waals surface area (Å²) in [6, 6.07) is 14.9. The number of hydrogen-bond donors (Lipinski definition) is 0. The molecule has 1 aliphatic rings. The van der Waals surface area contributed by atoms with Gasteiger partial charge in [-0.3, -0.25) is 4.79 Å². The molecular formula is C22H18Cl2N2OS. The van der Waals surface area contributed by atoms with Crippen LogP contribution in [0.1, 0.15) is 34.5 Å². The van der Waals surface area contributed by atoms with E-state index in [1.54, 1.807) is 18.2 Å². The SMILES string of the molecule is O=C(CSc1nc(-c2ccccc2)nc2c1CCCC2)c1ccc(Cl)cc1Cl. The van der Waals surface area contributed by atoms with Crippen LogP contribution in [0, 0.1) is 0 Å². The minimum Gasteiger partial charge on any atom is -0.293 e. The van der Waals surface area contributed by atoms with Crippen LogP contribution in [-0.4, -0.2) is 21.5 Å². The molecule has 0 saturated heterocycles. The first-order valence-corrected chi connectivity index (χ1v) is 10.9. The van der Waals surface area contributed by atoms with E-state index in [2.05, 4.69) is 0 Å². The molecule has 28 heavy (non-hydrogen) atoms. The Kier molecular flexibility index (Phi) is 6.00. The number of thioether (sulfide) groups is 1. The summed E-state index contributed by atoms with van der Waals surface area (Å²) in [6.45, 7) is 0. The molecule has 0 atom stereocenters. The van der Waals surface area contributed by atoms with Crippen molar-refractivity contribution < 1.29 is 4.79 Å². The largest absolute Gasteiger partial charge is 0.293 e. The molecular weight excluding hydrogens is 411 g/mol. The van der Waals surface area contributed by atoms with Gasteiger partial charge in [0.2, 0.25) is 0 Å². The van der Waals surface area contributed by atoms with Gasteiger partial charge in [0.05, 0.1) is 10.8 Å². The molecule has 6 heteroatoms. The number of rotatable bonds is 5. The summed E-state index contributed by atoms with van der Waals surface area (Å²) in [5.41, 5.74) is 3.78. The maximum absolute atomic E-state index is 12.7. The first kappa shape index (κ1) is 19.4. The lowest BCUT2D eigenvalue weighted by molar-refractivity contribution is 0.102. The zero-order valence-electron chi connectivity index (χ0n) is 15.1. The number of Topliss-reactive ketones (excluding diaryl/α,β-unsaturated/α-hetero) is 1. The van der Waals surface area contributed by atoms with Gasteiger partial charge in [-0.1, -0.05) is 65.3 Å². The highest BCUT2D eigenvalue weighted by Crippen LogP contribution is 2.32. The van der Waals surface area contributed by atoms with Gasteiger partial charge in [-0.05, 0) is 43.9 Å². The van der Waals surface area contributed by atoms with Crippen molar-refractivity contribution >= 4 is 40.7 Å². The molecule has 0 amide bonds. The Hall–Kier alpha value is -1.88. The zero-order chi connectivity index (χ0) is 19.5. The second kappa shape index (κ2) is 8.64. The molecule has 3 nitrogen and oxygen atoms in total. The normalized spacial score (nSPS) is 13.2. The molecule has 1 aromatic heterocycles. The first-order valence-electron chi connectivity index (χ1n) is 9.18. The lowest BCUT2D eigenvalue weighted by Gasteiger charge is -2.19. The highest BCUT2D eigenvalue weighted by molar-refractivity contribution is 8.00. The van der Waals surface area contributed by atoms with Gasteiger partial charge in [0.15, 0.2) is 11.6 Å². The molecule has 1 aliphatic carbocycles. The molecule has 4 rings (SSSR count). The Morgan fingerprint density at radius 1 is 1.00 bits per heavy atom. The quantitative estimate of drug-likeness (QED) is 0.271. The maximum atomic E-state index is 12.7. The third-order valence-corrected chi connectivity index (χ3v) is 6.31. The van der Waals surface area contributed by atoms with Crippen molar-refractivity contribution in [1.29, 1.82) is 0 Å². The fourth-order valence-electron chi connectivity index (χ4n) is 3.32.